The van der Waals surface area contributed by atoms with E-state index in [4.69, 9.17) is 9.47 Å². The fraction of sp³-hybridized carbons (Fsp3) is 0.474. The number of fused-ring (bicyclic) bond motifs is 1. The van der Waals surface area contributed by atoms with Gasteiger partial charge in [0.05, 0.1) is 31.2 Å². The number of benzene rings is 1. The van der Waals surface area contributed by atoms with Crippen molar-refractivity contribution in [1.82, 2.24) is 4.90 Å². The van der Waals surface area contributed by atoms with E-state index < -0.39 is 17.4 Å². The molecule has 3 heterocycles. The molecular weight excluding hydrogens is 306 g/mol. The van der Waals surface area contributed by atoms with Crippen molar-refractivity contribution >= 4 is 11.9 Å². The molecule has 3 aliphatic rings. The lowest BCUT2D eigenvalue weighted by Gasteiger charge is -2.27. The van der Waals surface area contributed by atoms with E-state index in [-0.39, 0.29) is 24.0 Å². The average molecular weight is 327 g/mol. The molecule has 0 radical (unpaired) electrons. The summed E-state index contributed by atoms with van der Waals surface area (Å²) in [6.07, 6.45) is 3.53. The predicted molar refractivity (Wildman–Crippen MR) is 86.9 cm³/mol. The Bertz CT molecular complexity index is 701. The summed E-state index contributed by atoms with van der Waals surface area (Å²) in [6, 6.07) is 9.86. The SMILES string of the molecule is CCOC(=O)[C@H]1[C@@H]2C=C[C@]3(CN([C@@H](C)c4ccccc4)C(=O)[C@H]13)O2. The number of amides is 1. The van der Waals surface area contributed by atoms with Crippen molar-refractivity contribution in [1.29, 1.82) is 0 Å². The Morgan fingerprint density at radius 3 is 2.88 bits per heavy atom. The summed E-state index contributed by atoms with van der Waals surface area (Å²) in [6.45, 7) is 4.58. The number of hydrogen-bond donors (Lipinski definition) is 0. The third-order valence-electron chi connectivity index (χ3n) is 5.44. The smallest absolute Gasteiger partial charge is 0.312 e. The number of esters is 1. The summed E-state index contributed by atoms with van der Waals surface area (Å²) in [5.41, 5.74) is 0.399. The van der Waals surface area contributed by atoms with Gasteiger partial charge in [-0.25, -0.2) is 0 Å². The molecule has 1 spiro atoms. The second-order valence-electron chi connectivity index (χ2n) is 6.70. The van der Waals surface area contributed by atoms with Crippen LogP contribution in [0.1, 0.15) is 25.5 Å². The van der Waals surface area contributed by atoms with Gasteiger partial charge in [0.25, 0.3) is 0 Å². The summed E-state index contributed by atoms with van der Waals surface area (Å²) in [5, 5.41) is 0. The van der Waals surface area contributed by atoms with E-state index in [1.807, 2.05) is 54.3 Å². The first kappa shape index (κ1) is 15.4. The minimum absolute atomic E-state index is 0.0174. The average Bonchev–Trinajstić information content (AvgIpc) is 3.23. The lowest BCUT2D eigenvalue weighted by Crippen LogP contribution is -2.40. The molecule has 4 rings (SSSR count). The first-order valence-electron chi connectivity index (χ1n) is 8.46. The molecule has 0 aliphatic carbocycles. The minimum atomic E-state index is -0.678. The minimum Gasteiger partial charge on any atom is -0.466 e. The number of carbonyl (C=O) groups excluding carboxylic acids is 2. The third kappa shape index (κ3) is 2.04. The molecular formula is C19H21NO4. The molecule has 2 fully saturated rings. The van der Waals surface area contributed by atoms with Crippen LogP contribution in [0.5, 0.6) is 0 Å². The number of rotatable bonds is 4. The Kier molecular flexibility index (Phi) is 3.49. The molecule has 5 heteroatoms. The van der Waals surface area contributed by atoms with Crippen molar-refractivity contribution in [3.63, 3.8) is 0 Å². The van der Waals surface area contributed by atoms with Gasteiger partial charge < -0.3 is 14.4 Å². The molecule has 1 aromatic rings. The monoisotopic (exact) mass is 327 g/mol. The number of likely N-dealkylation sites (tertiary alicyclic amines) is 1. The Morgan fingerprint density at radius 1 is 1.42 bits per heavy atom. The molecule has 0 aromatic heterocycles. The van der Waals surface area contributed by atoms with Gasteiger partial charge in [-0.05, 0) is 19.4 Å². The Balaban J connectivity index is 1.64. The molecule has 5 nitrogen and oxygen atoms in total. The summed E-state index contributed by atoms with van der Waals surface area (Å²) < 4.78 is 11.3. The Morgan fingerprint density at radius 2 is 2.17 bits per heavy atom. The number of nitrogens with zero attached hydrogens (tertiary/aromatic N) is 1. The van der Waals surface area contributed by atoms with Gasteiger partial charge in [0.2, 0.25) is 5.91 Å². The van der Waals surface area contributed by atoms with E-state index in [1.54, 1.807) is 6.92 Å². The zero-order chi connectivity index (χ0) is 16.9. The number of hydrogen-bond acceptors (Lipinski definition) is 4. The van der Waals surface area contributed by atoms with E-state index in [2.05, 4.69) is 0 Å². The van der Waals surface area contributed by atoms with Gasteiger partial charge in [-0.3, -0.25) is 9.59 Å². The molecule has 126 valence electrons. The van der Waals surface area contributed by atoms with Gasteiger partial charge in [0, 0.05) is 0 Å². The maximum absolute atomic E-state index is 13.1. The zero-order valence-corrected chi connectivity index (χ0v) is 13.8. The molecule has 1 aromatic carbocycles. The highest BCUT2D eigenvalue weighted by atomic mass is 16.6. The van der Waals surface area contributed by atoms with Crippen molar-refractivity contribution < 1.29 is 19.1 Å². The molecule has 2 saturated heterocycles. The largest absolute Gasteiger partial charge is 0.466 e. The van der Waals surface area contributed by atoms with Crippen molar-refractivity contribution in [2.24, 2.45) is 11.8 Å². The highest BCUT2D eigenvalue weighted by molar-refractivity contribution is 5.91. The molecule has 0 saturated carbocycles. The molecule has 2 bridgehead atoms. The van der Waals surface area contributed by atoms with E-state index >= 15 is 0 Å². The van der Waals surface area contributed by atoms with Gasteiger partial charge in [-0.2, -0.15) is 0 Å². The van der Waals surface area contributed by atoms with Gasteiger partial charge in [0.1, 0.15) is 11.5 Å². The van der Waals surface area contributed by atoms with Crippen LogP contribution in [0.15, 0.2) is 42.5 Å². The second-order valence-corrected chi connectivity index (χ2v) is 6.70. The zero-order valence-electron chi connectivity index (χ0n) is 13.8. The van der Waals surface area contributed by atoms with E-state index in [1.165, 1.54) is 0 Å². The molecule has 5 atom stereocenters. The van der Waals surface area contributed by atoms with Gasteiger partial charge in [0.15, 0.2) is 0 Å². The maximum atomic E-state index is 13.1. The van der Waals surface area contributed by atoms with Crippen molar-refractivity contribution in [2.45, 2.75) is 31.6 Å². The summed E-state index contributed by atoms with van der Waals surface area (Å²) in [4.78, 5) is 27.3. The molecule has 0 unspecified atom stereocenters. The summed E-state index contributed by atoms with van der Waals surface area (Å²) >= 11 is 0. The highest BCUT2D eigenvalue weighted by Crippen LogP contribution is 2.53. The van der Waals surface area contributed by atoms with Crippen LogP contribution in [0.25, 0.3) is 0 Å². The van der Waals surface area contributed by atoms with Crippen LogP contribution in [-0.4, -0.2) is 41.6 Å². The van der Waals surface area contributed by atoms with Crippen molar-refractivity contribution in [3.8, 4) is 0 Å². The van der Waals surface area contributed by atoms with Crippen LogP contribution in [0.2, 0.25) is 0 Å². The van der Waals surface area contributed by atoms with E-state index in [0.29, 0.717) is 13.2 Å². The third-order valence-corrected chi connectivity index (χ3v) is 5.44. The van der Waals surface area contributed by atoms with E-state index in [0.717, 1.165) is 5.56 Å². The standard InChI is InChI=1S/C19H21NO4/c1-3-23-18(22)15-14-9-10-19(24-14)11-20(17(21)16(15)19)12(2)13-7-5-4-6-8-13/h4-10,12,14-16H,3,11H2,1-2H3/t12-,14-,15-,16-,19+/m0/s1. The van der Waals surface area contributed by atoms with Gasteiger partial charge in [-0.1, -0.05) is 42.5 Å². The molecule has 3 aliphatic heterocycles. The van der Waals surface area contributed by atoms with Crippen LogP contribution < -0.4 is 0 Å². The highest BCUT2D eigenvalue weighted by Gasteiger charge is 2.67. The predicted octanol–water partition coefficient (Wildman–Crippen LogP) is 2.09. The number of ether oxygens (including phenoxy) is 2. The number of carbonyl (C=O) groups is 2. The van der Waals surface area contributed by atoms with Crippen LogP contribution >= 0.6 is 0 Å². The Labute approximate surface area is 141 Å². The van der Waals surface area contributed by atoms with Crippen LogP contribution in [0.4, 0.5) is 0 Å². The normalized spacial score (nSPS) is 34.5. The fourth-order valence-electron chi connectivity index (χ4n) is 4.27. The van der Waals surface area contributed by atoms with Gasteiger partial charge >= 0.3 is 5.97 Å². The fourth-order valence-corrected chi connectivity index (χ4v) is 4.27. The van der Waals surface area contributed by atoms with Crippen LogP contribution in [0, 0.1) is 11.8 Å². The first-order valence-corrected chi connectivity index (χ1v) is 8.46. The first-order chi connectivity index (χ1) is 11.6. The Hall–Kier alpha value is -2.14. The van der Waals surface area contributed by atoms with Gasteiger partial charge in [-0.15, -0.1) is 0 Å². The topological polar surface area (TPSA) is 55.8 Å². The molecule has 0 N–H and O–H groups in total. The maximum Gasteiger partial charge on any atom is 0.312 e. The van der Waals surface area contributed by atoms with Crippen molar-refractivity contribution in [3.05, 3.63) is 48.0 Å². The quantitative estimate of drug-likeness (QED) is 0.628. The summed E-state index contributed by atoms with van der Waals surface area (Å²) in [7, 11) is 0. The van der Waals surface area contributed by atoms with Crippen LogP contribution in [0.3, 0.4) is 0 Å². The van der Waals surface area contributed by atoms with Crippen molar-refractivity contribution in [2.75, 3.05) is 13.2 Å². The molecule has 24 heavy (non-hydrogen) atoms. The van der Waals surface area contributed by atoms with Crippen LogP contribution in [-0.2, 0) is 19.1 Å². The lowest BCUT2D eigenvalue weighted by atomic mass is 9.77. The second kappa shape index (κ2) is 5.45. The summed E-state index contributed by atoms with van der Waals surface area (Å²) in [5.74, 6) is -1.36. The van der Waals surface area contributed by atoms with E-state index in [9.17, 15) is 9.59 Å². The lowest BCUT2D eigenvalue weighted by molar-refractivity contribution is -0.153. The molecule has 1 amide bonds.